The monoisotopic (exact) mass is 188 g/mol. The zero-order valence-corrected chi connectivity index (χ0v) is 8.02. The summed E-state index contributed by atoms with van der Waals surface area (Å²) in [6.07, 6.45) is 4.19. The highest BCUT2D eigenvalue weighted by molar-refractivity contribution is 4.79. The molecule has 0 aliphatic heterocycles. The SMILES string of the molecule is OCC1CCCCC(CO)C1CO. The fourth-order valence-electron chi connectivity index (χ4n) is 2.38. The number of aliphatic hydroxyl groups is 3. The van der Waals surface area contributed by atoms with E-state index in [0.717, 1.165) is 25.7 Å². The van der Waals surface area contributed by atoms with Crippen LogP contribution in [-0.2, 0) is 0 Å². The van der Waals surface area contributed by atoms with Gasteiger partial charge >= 0.3 is 0 Å². The van der Waals surface area contributed by atoms with Gasteiger partial charge in [-0.3, -0.25) is 0 Å². The minimum atomic E-state index is 0.0937. The maximum Gasteiger partial charge on any atom is 0.0466 e. The van der Waals surface area contributed by atoms with Crippen LogP contribution in [0.3, 0.4) is 0 Å². The average molecular weight is 188 g/mol. The van der Waals surface area contributed by atoms with E-state index in [1.807, 2.05) is 0 Å². The van der Waals surface area contributed by atoms with E-state index >= 15 is 0 Å². The largest absolute Gasteiger partial charge is 0.396 e. The van der Waals surface area contributed by atoms with Gasteiger partial charge in [-0.1, -0.05) is 12.8 Å². The third-order valence-electron chi connectivity index (χ3n) is 3.29. The lowest BCUT2D eigenvalue weighted by molar-refractivity contribution is 0.0549. The van der Waals surface area contributed by atoms with Crippen molar-refractivity contribution < 1.29 is 15.3 Å². The Morgan fingerprint density at radius 2 is 1.23 bits per heavy atom. The molecule has 0 radical (unpaired) electrons. The molecular weight excluding hydrogens is 168 g/mol. The van der Waals surface area contributed by atoms with Gasteiger partial charge in [0.1, 0.15) is 0 Å². The van der Waals surface area contributed by atoms with Crippen LogP contribution in [0.4, 0.5) is 0 Å². The highest BCUT2D eigenvalue weighted by atomic mass is 16.3. The first-order valence-corrected chi connectivity index (χ1v) is 5.16. The van der Waals surface area contributed by atoms with Gasteiger partial charge in [0.2, 0.25) is 0 Å². The Kier molecular flexibility index (Phi) is 4.70. The lowest BCUT2D eigenvalue weighted by Crippen LogP contribution is -2.29. The Labute approximate surface area is 79.4 Å². The highest BCUT2D eigenvalue weighted by Crippen LogP contribution is 2.32. The molecule has 3 nitrogen and oxygen atoms in total. The lowest BCUT2D eigenvalue weighted by Gasteiger charge is -2.27. The normalized spacial score (nSPS) is 35.8. The van der Waals surface area contributed by atoms with Gasteiger partial charge in [-0.25, -0.2) is 0 Å². The summed E-state index contributed by atoms with van der Waals surface area (Å²) in [5.74, 6) is 0.465. The summed E-state index contributed by atoms with van der Waals surface area (Å²) >= 11 is 0. The van der Waals surface area contributed by atoms with Gasteiger partial charge in [-0.2, -0.15) is 0 Å². The van der Waals surface area contributed by atoms with Crippen LogP contribution in [0.15, 0.2) is 0 Å². The predicted octanol–water partition coefficient (Wildman–Crippen LogP) is 0.386. The molecule has 0 amide bonds. The van der Waals surface area contributed by atoms with Crippen molar-refractivity contribution >= 4 is 0 Å². The van der Waals surface area contributed by atoms with Crippen molar-refractivity contribution in [3.05, 3.63) is 0 Å². The Hall–Kier alpha value is -0.120. The molecule has 0 saturated heterocycles. The maximum absolute atomic E-state index is 9.20. The number of aliphatic hydroxyl groups excluding tert-OH is 3. The average Bonchev–Trinajstić information content (AvgIpc) is 2.37. The zero-order chi connectivity index (χ0) is 9.68. The first-order valence-electron chi connectivity index (χ1n) is 5.16. The van der Waals surface area contributed by atoms with Crippen molar-refractivity contribution in [2.24, 2.45) is 17.8 Å². The summed E-state index contributed by atoms with van der Waals surface area (Å²) in [4.78, 5) is 0. The van der Waals surface area contributed by atoms with Crippen LogP contribution in [0.5, 0.6) is 0 Å². The second-order valence-corrected chi connectivity index (χ2v) is 4.02. The minimum absolute atomic E-state index is 0.0937. The van der Waals surface area contributed by atoms with E-state index < -0.39 is 0 Å². The van der Waals surface area contributed by atoms with E-state index in [4.69, 9.17) is 10.2 Å². The van der Waals surface area contributed by atoms with Crippen molar-refractivity contribution in [2.45, 2.75) is 25.7 Å². The van der Waals surface area contributed by atoms with Gasteiger partial charge in [0.15, 0.2) is 0 Å². The third-order valence-corrected chi connectivity index (χ3v) is 3.29. The van der Waals surface area contributed by atoms with Crippen LogP contribution in [0.2, 0.25) is 0 Å². The second-order valence-electron chi connectivity index (χ2n) is 4.02. The smallest absolute Gasteiger partial charge is 0.0466 e. The molecule has 13 heavy (non-hydrogen) atoms. The van der Waals surface area contributed by atoms with Gasteiger partial charge in [0, 0.05) is 19.8 Å². The fraction of sp³-hybridized carbons (Fsp3) is 1.00. The van der Waals surface area contributed by atoms with Crippen molar-refractivity contribution in [2.75, 3.05) is 19.8 Å². The van der Waals surface area contributed by atoms with Crippen LogP contribution in [0, 0.1) is 17.8 Å². The maximum atomic E-state index is 9.20. The molecule has 1 saturated carbocycles. The van der Waals surface area contributed by atoms with E-state index in [1.165, 1.54) is 0 Å². The first-order chi connectivity index (χ1) is 6.33. The summed E-state index contributed by atoms with van der Waals surface area (Å²) in [6.45, 7) is 0.375. The summed E-state index contributed by atoms with van der Waals surface area (Å²) in [5, 5.41) is 27.5. The Morgan fingerprint density at radius 1 is 0.769 bits per heavy atom. The van der Waals surface area contributed by atoms with Gasteiger partial charge in [-0.15, -0.1) is 0 Å². The Morgan fingerprint density at radius 3 is 1.54 bits per heavy atom. The molecule has 0 spiro atoms. The van der Waals surface area contributed by atoms with Crippen molar-refractivity contribution in [1.29, 1.82) is 0 Å². The van der Waals surface area contributed by atoms with E-state index in [9.17, 15) is 5.11 Å². The molecule has 1 rings (SSSR count). The number of rotatable bonds is 3. The molecule has 0 aromatic carbocycles. The molecular formula is C10H20O3. The topological polar surface area (TPSA) is 60.7 Å². The third kappa shape index (κ3) is 2.66. The number of hydrogen-bond donors (Lipinski definition) is 3. The molecule has 0 heterocycles. The molecule has 2 unspecified atom stereocenters. The second kappa shape index (κ2) is 5.58. The van der Waals surface area contributed by atoms with Crippen LogP contribution < -0.4 is 0 Å². The quantitative estimate of drug-likeness (QED) is 0.561. The fourth-order valence-corrected chi connectivity index (χ4v) is 2.38. The first kappa shape index (κ1) is 11.0. The van der Waals surface area contributed by atoms with Gasteiger partial charge < -0.3 is 15.3 Å². The van der Waals surface area contributed by atoms with Crippen LogP contribution in [-0.4, -0.2) is 35.1 Å². The van der Waals surface area contributed by atoms with E-state index in [0.29, 0.717) is 0 Å². The van der Waals surface area contributed by atoms with Crippen LogP contribution >= 0.6 is 0 Å². The van der Waals surface area contributed by atoms with Gasteiger partial charge in [-0.05, 0) is 30.6 Å². The van der Waals surface area contributed by atoms with E-state index in [-0.39, 0.29) is 37.6 Å². The van der Waals surface area contributed by atoms with E-state index in [2.05, 4.69) is 0 Å². The van der Waals surface area contributed by atoms with E-state index in [1.54, 1.807) is 0 Å². The van der Waals surface area contributed by atoms with Gasteiger partial charge in [0.25, 0.3) is 0 Å². The Balaban J connectivity index is 2.61. The summed E-state index contributed by atoms with van der Waals surface area (Å²) < 4.78 is 0. The molecule has 1 fully saturated rings. The molecule has 78 valence electrons. The predicted molar refractivity (Wildman–Crippen MR) is 50.2 cm³/mol. The molecule has 2 atom stereocenters. The van der Waals surface area contributed by atoms with Crippen molar-refractivity contribution in [3.8, 4) is 0 Å². The molecule has 0 aromatic heterocycles. The molecule has 3 heteroatoms. The summed E-state index contributed by atoms with van der Waals surface area (Å²) in [6, 6.07) is 0. The Bertz CT molecular complexity index is 124. The number of hydrogen-bond acceptors (Lipinski definition) is 3. The standard InChI is InChI=1S/C10H20O3/c11-5-8-3-1-2-4-9(6-12)10(8)7-13/h8-13H,1-7H2. The molecule has 1 aliphatic rings. The summed E-state index contributed by atoms with van der Waals surface area (Å²) in [7, 11) is 0. The van der Waals surface area contributed by atoms with Crippen molar-refractivity contribution in [1.82, 2.24) is 0 Å². The van der Waals surface area contributed by atoms with Gasteiger partial charge in [0.05, 0.1) is 0 Å². The van der Waals surface area contributed by atoms with Crippen LogP contribution in [0.1, 0.15) is 25.7 Å². The van der Waals surface area contributed by atoms with Crippen molar-refractivity contribution in [3.63, 3.8) is 0 Å². The molecule has 3 N–H and O–H groups in total. The molecule has 1 aliphatic carbocycles. The molecule has 0 bridgehead atoms. The summed E-state index contributed by atoms with van der Waals surface area (Å²) in [5.41, 5.74) is 0. The lowest BCUT2D eigenvalue weighted by atomic mass is 9.82. The van der Waals surface area contributed by atoms with Crippen LogP contribution in [0.25, 0.3) is 0 Å². The highest BCUT2D eigenvalue weighted by Gasteiger charge is 2.29. The minimum Gasteiger partial charge on any atom is -0.396 e. The zero-order valence-electron chi connectivity index (χ0n) is 8.02. The molecule has 0 aromatic rings.